The van der Waals surface area contributed by atoms with Crippen LogP contribution >= 0.6 is 56.8 Å². The molecule has 0 atom stereocenters. The number of nitrogen functional groups attached to an aromatic ring is 1. The summed E-state index contributed by atoms with van der Waals surface area (Å²) in [5.74, 6) is 4.67. The highest BCUT2D eigenvalue weighted by Gasteiger charge is 2.19. The molecule has 14 aromatic rings. The fourth-order valence-electron chi connectivity index (χ4n) is 10.6. The van der Waals surface area contributed by atoms with E-state index in [2.05, 4.69) is 132 Å². The maximum Gasteiger partial charge on any atom is 0.358 e. The molecule has 15 rings (SSSR count). The van der Waals surface area contributed by atoms with E-state index in [4.69, 9.17) is 61.0 Å². The Hall–Kier alpha value is -13.7. The number of ether oxygens (including phenoxy) is 8. The summed E-state index contributed by atoms with van der Waals surface area (Å²) >= 11 is 9.39. The summed E-state index contributed by atoms with van der Waals surface area (Å²) < 4.78 is 45.9. The Morgan fingerprint density at radius 3 is 1.14 bits per heavy atom. The lowest BCUT2D eigenvalue weighted by Crippen LogP contribution is -2.23. The number of aromatic nitrogens is 14. The molecule has 9 N–H and O–H groups in total. The van der Waals surface area contributed by atoms with Gasteiger partial charge in [0.25, 0.3) is 23.0 Å². The molecule has 646 valence electrons. The van der Waals surface area contributed by atoms with Gasteiger partial charge in [-0.1, -0.05) is 153 Å². The molecule has 1 aliphatic rings. The maximum atomic E-state index is 11.9. The summed E-state index contributed by atoms with van der Waals surface area (Å²) in [4.78, 5) is 108. The molecule has 6 aromatic carbocycles. The molecular formula is C87H94ClI2N21O13. The van der Waals surface area contributed by atoms with Gasteiger partial charge in [-0.15, -0.1) is 0 Å². The first-order valence-corrected chi connectivity index (χ1v) is 39.9. The zero-order valence-corrected chi connectivity index (χ0v) is 73.5. The molecule has 34 nitrogen and oxygen atoms in total. The van der Waals surface area contributed by atoms with Crippen molar-refractivity contribution in [1.29, 1.82) is 0 Å². The van der Waals surface area contributed by atoms with Crippen LogP contribution in [0.15, 0.2) is 232 Å². The van der Waals surface area contributed by atoms with E-state index in [-0.39, 0.29) is 56.3 Å². The van der Waals surface area contributed by atoms with Gasteiger partial charge >= 0.3 is 5.97 Å². The third-order valence-electron chi connectivity index (χ3n) is 16.7. The zero-order valence-electron chi connectivity index (χ0n) is 68.5. The Kier molecular flexibility index (Phi) is 41.2. The summed E-state index contributed by atoms with van der Waals surface area (Å²) in [7, 11) is 14.0. The monoisotopic (exact) mass is 1930 g/mol. The van der Waals surface area contributed by atoms with Gasteiger partial charge in [0.05, 0.1) is 107 Å². The van der Waals surface area contributed by atoms with Crippen LogP contribution in [0.5, 0.6) is 35.3 Å². The van der Waals surface area contributed by atoms with Crippen LogP contribution in [0.2, 0.25) is 0 Å². The molecule has 37 heteroatoms. The second kappa shape index (κ2) is 52.5. The number of benzene rings is 6. The van der Waals surface area contributed by atoms with Gasteiger partial charge in [-0.05, 0) is 106 Å². The van der Waals surface area contributed by atoms with Crippen molar-refractivity contribution in [2.45, 2.75) is 46.4 Å². The number of carbonyl (C=O) groups is 5. The number of hydrogen-bond donors (Lipinski definition) is 7. The summed E-state index contributed by atoms with van der Waals surface area (Å²) in [5, 5.41) is 13.6. The standard InChI is InChI=1S/C15H13N3O3.C14H16N4O2.C13H12IN3O2.C13H10IN3O.C13H14N4O2.C7H5ClO.C7H12N4O.C4H8O.CH4/c1-20-14-12-8-16-13(10-6-4-3-5-7-10)18(12)9-11(17-14)15(19)21-2;1-15-12-9-16-11(14(18-12)20-2)8-17-13(19)10-6-4-3-5-7-10;1-19-13-10(15-8-11(14)17-13)7-16-12(18)9-5-3-2-4-6-9;1-18-13-10-7-15-12(9-5-3-2-4-6-9)17(10)8-11(14)16-13;1-19-13-10(15-8-11(14)17-13)7-16-12(18)9-5-3-2-4-6-9;8-7(9)6-4-2-1-3-5-6;1-9-6-4-10-5(3-8)7(11-6)12-2;1-2-4-5-3-1;/h3-9H,1-2H3;3-7,9H,8H2,1-2H3,(H,15,18)(H,17,19);2-6,8H,7H2,1H3,(H,16,18);2-8H,1H3;2-6,8H,7H2,1H3,(H2,14,17)(H,16,18);1-5H;4H,3,8H2,1-2H3,(H,9,11);1-4H2;1H4. The van der Waals surface area contributed by atoms with Crippen LogP contribution in [0, 0.1) is 7.40 Å². The van der Waals surface area contributed by atoms with Crippen LogP contribution in [0.1, 0.15) is 95.0 Å². The minimum Gasteiger partial charge on any atom is -0.480 e. The third-order valence-corrected chi connectivity index (χ3v) is 18.0. The highest BCUT2D eigenvalue weighted by Crippen LogP contribution is 2.28. The van der Waals surface area contributed by atoms with Crippen molar-refractivity contribution in [1.82, 2.24) is 84.6 Å². The Morgan fingerprint density at radius 2 is 0.766 bits per heavy atom. The Morgan fingerprint density at radius 1 is 0.419 bits per heavy atom. The maximum absolute atomic E-state index is 11.9. The first-order chi connectivity index (χ1) is 59.8. The van der Waals surface area contributed by atoms with Crippen LogP contribution < -0.4 is 66.5 Å². The second-order valence-corrected chi connectivity index (χ2v) is 27.3. The van der Waals surface area contributed by atoms with E-state index in [1.165, 1.54) is 54.6 Å². The summed E-state index contributed by atoms with van der Waals surface area (Å²) in [6.45, 7) is 3.10. The van der Waals surface area contributed by atoms with Crippen molar-refractivity contribution in [3.63, 3.8) is 0 Å². The zero-order chi connectivity index (χ0) is 88.3. The van der Waals surface area contributed by atoms with E-state index >= 15 is 0 Å². The molecule has 1 fully saturated rings. The summed E-state index contributed by atoms with van der Waals surface area (Å²) in [5.41, 5.74) is 19.4. The molecule has 1 aliphatic heterocycles. The predicted molar refractivity (Wildman–Crippen MR) is 489 cm³/mol. The number of hydrogen-bond acceptors (Lipinski definition) is 29. The first kappa shape index (κ1) is 97.4. The fourth-order valence-corrected chi connectivity index (χ4v) is 11.6. The number of fused-ring (bicyclic) bond motifs is 2. The minimum atomic E-state index is -0.525. The third kappa shape index (κ3) is 29.9. The normalized spacial score (nSPS) is 10.6. The molecule has 9 heterocycles. The van der Waals surface area contributed by atoms with Gasteiger partial charge in [0.2, 0.25) is 35.3 Å². The average Bonchev–Trinajstić information content (AvgIpc) is 1.64. The van der Waals surface area contributed by atoms with Gasteiger partial charge in [-0.3, -0.25) is 37.9 Å². The molecule has 8 aromatic heterocycles. The number of halogens is 3. The van der Waals surface area contributed by atoms with Crippen molar-refractivity contribution >= 4 is 114 Å². The lowest BCUT2D eigenvalue weighted by atomic mass is 10.2. The highest BCUT2D eigenvalue weighted by molar-refractivity contribution is 14.1. The number of rotatable bonds is 22. The molecule has 0 aliphatic carbocycles. The number of amides is 3. The molecule has 0 bridgehead atoms. The molecule has 3 amide bonds. The first-order valence-electron chi connectivity index (χ1n) is 37.4. The predicted octanol–water partition coefficient (Wildman–Crippen LogP) is 13.2. The van der Waals surface area contributed by atoms with Gasteiger partial charge in [0, 0.05) is 79.6 Å². The number of methoxy groups -OCH3 is 7. The van der Waals surface area contributed by atoms with Crippen LogP contribution in [-0.4, -0.2) is 175 Å². The van der Waals surface area contributed by atoms with Gasteiger partial charge in [0.15, 0.2) is 5.69 Å². The lowest BCUT2D eigenvalue weighted by molar-refractivity contribution is 0.0591. The van der Waals surface area contributed by atoms with E-state index in [9.17, 15) is 24.0 Å². The molecule has 0 radical (unpaired) electrons. The van der Waals surface area contributed by atoms with E-state index in [1.807, 2.05) is 120 Å². The second-order valence-electron chi connectivity index (χ2n) is 24.7. The van der Waals surface area contributed by atoms with Crippen LogP contribution in [0.25, 0.3) is 33.8 Å². The summed E-state index contributed by atoms with van der Waals surface area (Å²) in [6.07, 6.45) is 15.8. The lowest BCUT2D eigenvalue weighted by Gasteiger charge is -2.09. The van der Waals surface area contributed by atoms with E-state index < -0.39 is 11.2 Å². The van der Waals surface area contributed by atoms with E-state index in [0.717, 1.165) is 43.1 Å². The molecule has 1 saturated heterocycles. The van der Waals surface area contributed by atoms with Crippen LogP contribution in [0.3, 0.4) is 0 Å². The van der Waals surface area contributed by atoms with Gasteiger partial charge < -0.3 is 75.9 Å². The van der Waals surface area contributed by atoms with Gasteiger partial charge in [-0.2, -0.15) is 15.0 Å². The largest absolute Gasteiger partial charge is 0.480 e. The molecule has 0 spiro atoms. The molecular weight excluding hydrogens is 1840 g/mol. The number of esters is 1. The summed E-state index contributed by atoms with van der Waals surface area (Å²) in [6, 6.07) is 55.4. The molecule has 124 heavy (non-hydrogen) atoms. The smallest absolute Gasteiger partial charge is 0.358 e. The van der Waals surface area contributed by atoms with Crippen molar-refractivity contribution in [2.75, 3.05) is 93.4 Å². The van der Waals surface area contributed by atoms with Crippen molar-refractivity contribution < 1.29 is 61.9 Å². The minimum absolute atomic E-state index is 0. The van der Waals surface area contributed by atoms with Gasteiger partial charge in [-0.25, -0.2) is 39.7 Å². The van der Waals surface area contributed by atoms with E-state index in [1.54, 1.807) is 143 Å². The number of nitrogens with one attached hydrogen (secondary N) is 5. The SMILES string of the molecule is C.C1CCOC1.CNc1cnc(CN)c(OC)n1.CNc1cnc(CNC(=O)c2ccccc2)c(OC)n1.COC(=O)c1cn2c(-c3ccccc3)ncc2c(OC)n1.COc1nc(I)cn2c(-c3ccccc3)ncc12.COc1nc(I)cnc1CNC(=O)c1ccccc1.COc1nc(N)cnc1CNC(=O)c1ccccc1.O=C(Cl)c1ccccc1. The number of nitrogens with two attached hydrogens (primary N) is 2. The number of imidazole rings is 2. The topological polar surface area (TPSA) is 435 Å². The Balaban J connectivity index is 0.000000199. The van der Waals surface area contributed by atoms with Gasteiger partial charge in [0.1, 0.15) is 70.3 Å². The quantitative estimate of drug-likeness (QED) is 0.0188. The fraction of sp³-hybridized carbons (Fsp3) is 0.207. The Bertz CT molecular complexity index is 5560. The highest BCUT2D eigenvalue weighted by atomic mass is 127. The van der Waals surface area contributed by atoms with Crippen molar-refractivity contribution in [2.24, 2.45) is 5.73 Å². The Labute approximate surface area is 748 Å². The molecule has 0 unspecified atom stereocenters. The molecule has 0 saturated carbocycles. The van der Waals surface area contributed by atoms with Crippen molar-refractivity contribution in [3.8, 4) is 58.1 Å². The van der Waals surface area contributed by atoms with Crippen LogP contribution in [0.4, 0.5) is 17.5 Å². The van der Waals surface area contributed by atoms with Crippen LogP contribution in [-0.2, 0) is 35.7 Å². The van der Waals surface area contributed by atoms with Crippen molar-refractivity contribution in [3.05, 3.63) is 290 Å². The van der Waals surface area contributed by atoms with E-state index in [0.29, 0.717) is 110 Å². The average molecular weight is 1930 g/mol. The number of carbonyl (C=O) groups excluding carboxylic acids is 5. The number of anilines is 3. The number of nitrogens with zero attached hydrogens (tertiary/aromatic N) is 14.